The lowest BCUT2D eigenvalue weighted by atomic mass is 10.0. The normalized spacial score (nSPS) is 21.7. The smallest absolute Gasteiger partial charge is 0.352 e. The maximum Gasteiger partial charge on any atom is 0.352 e. The third kappa shape index (κ3) is 4.35. The van der Waals surface area contributed by atoms with Crippen LogP contribution < -0.4 is 5.32 Å². The molecule has 0 saturated carbocycles. The van der Waals surface area contributed by atoms with E-state index in [1.54, 1.807) is 29.2 Å². The quantitative estimate of drug-likeness (QED) is 0.416. The van der Waals surface area contributed by atoms with Gasteiger partial charge in [-0.3, -0.25) is 23.7 Å². The van der Waals surface area contributed by atoms with Gasteiger partial charge >= 0.3 is 5.97 Å². The van der Waals surface area contributed by atoms with Gasteiger partial charge in [0.2, 0.25) is 5.91 Å². The molecule has 0 aliphatic carbocycles. The van der Waals surface area contributed by atoms with Gasteiger partial charge in [0.15, 0.2) is 0 Å². The lowest BCUT2D eigenvalue weighted by Gasteiger charge is -2.49. The predicted octanol–water partition coefficient (Wildman–Crippen LogP) is 1.84. The molecule has 4 heterocycles. The predicted molar refractivity (Wildman–Crippen MR) is 118 cm³/mol. The molecule has 2 aromatic heterocycles. The van der Waals surface area contributed by atoms with Gasteiger partial charge in [-0.15, -0.1) is 46.2 Å². The Morgan fingerprint density at radius 2 is 2.23 bits per heavy atom. The largest absolute Gasteiger partial charge is 0.477 e. The number of aliphatic carboxylic acids is 1. The van der Waals surface area contributed by atoms with Crippen molar-refractivity contribution in [1.82, 2.24) is 15.2 Å². The summed E-state index contributed by atoms with van der Waals surface area (Å²) >= 11 is 5.67. The molecule has 1 fully saturated rings. The van der Waals surface area contributed by atoms with Crippen LogP contribution in [0.3, 0.4) is 0 Å². The molecule has 2 N–H and O–H groups in total. The summed E-state index contributed by atoms with van der Waals surface area (Å²) in [5.74, 6) is -1.44. The molecule has 1 saturated heterocycles. The molecule has 0 bridgehead atoms. The van der Waals surface area contributed by atoms with Gasteiger partial charge in [-0.2, -0.15) is 0 Å². The van der Waals surface area contributed by atoms with Gasteiger partial charge in [-0.1, -0.05) is 6.07 Å². The van der Waals surface area contributed by atoms with Crippen molar-refractivity contribution in [3.63, 3.8) is 0 Å². The van der Waals surface area contributed by atoms with E-state index in [9.17, 15) is 23.7 Å². The van der Waals surface area contributed by atoms with E-state index in [2.05, 4.69) is 10.3 Å². The van der Waals surface area contributed by atoms with Crippen molar-refractivity contribution in [3.8, 4) is 0 Å². The lowest BCUT2D eigenvalue weighted by Crippen LogP contribution is -2.70. The number of carbonyl (C=O) groups is 3. The first-order chi connectivity index (χ1) is 14.5. The summed E-state index contributed by atoms with van der Waals surface area (Å²) in [4.78, 5) is 42.0. The standard InChI is InChI=1S/C17H15N3O5S5/c21-10(7-30(25)12-2-1-3-26-12)19-13-15(22)20-14(17(23)24)9(6-28-16(13)20)5-27-11-4-18-8-29-11/h1-4,8,13,16H,5-7H2,(H,19,21)(H,23,24)/t13?,16-,30?/m1/s1. The molecule has 30 heavy (non-hydrogen) atoms. The number of nitrogens with one attached hydrogen (secondary N) is 1. The Balaban J connectivity index is 1.41. The molecule has 4 rings (SSSR count). The molecular formula is C17H15N3O5S5. The monoisotopic (exact) mass is 501 g/mol. The zero-order valence-corrected chi connectivity index (χ0v) is 19.3. The first-order valence-electron chi connectivity index (χ1n) is 8.58. The number of amides is 2. The van der Waals surface area contributed by atoms with Gasteiger partial charge in [0.1, 0.15) is 22.9 Å². The van der Waals surface area contributed by atoms with Gasteiger partial charge in [0, 0.05) is 11.5 Å². The van der Waals surface area contributed by atoms with Gasteiger partial charge < -0.3 is 10.4 Å². The van der Waals surface area contributed by atoms with E-state index in [0.717, 1.165) is 4.21 Å². The average Bonchev–Trinajstić information content (AvgIpc) is 3.43. The summed E-state index contributed by atoms with van der Waals surface area (Å²) in [7, 11) is -1.47. The number of carbonyl (C=O) groups excluding carboxylic acids is 2. The van der Waals surface area contributed by atoms with Crippen molar-refractivity contribution in [2.75, 3.05) is 17.3 Å². The van der Waals surface area contributed by atoms with Crippen molar-refractivity contribution < 1.29 is 23.7 Å². The number of β-lactam (4-membered cyclic amide) rings is 1. The summed E-state index contributed by atoms with van der Waals surface area (Å²) in [5, 5.41) is 13.6. The van der Waals surface area contributed by atoms with Crippen LogP contribution in [-0.4, -0.2) is 65.7 Å². The fourth-order valence-corrected chi connectivity index (χ4v) is 8.03. The number of carboxylic acids is 1. The Labute approximate surface area is 190 Å². The SMILES string of the molecule is O=C(CS(=O)c1cccs1)NC1C(=O)N2C(C(=O)O)=C(CSc3cncs3)CS[C@H]12. The summed E-state index contributed by atoms with van der Waals surface area (Å²) in [6.45, 7) is 0. The molecule has 2 amide bonds. The number of hydrogen-bond acceptors (Lipinski definition) is 9. The van der Waals surface area contributed by atoms with Crippen molar-refractivity contribution >= 4 is 74.8 Å². The molecule has 3 atom stereocenters. The summed E-state index contributed by atoms with van der Waals surface area (Å²) in [6, 6.07) is 2.64. The maximum atomic E-state index is 12.7. The van der Waals surface area contributed by atoms with E-state index >= 15 is 0 Å². The first kappa shape index (κ1) is 21.6. The number of thiophene rings is 1. The molecule has 0 spiro atoms. The molecule has 0 radical (unpaired) electrons. The third-order valence-electron chi connectivity index (χ3n) is 4.35. The Morgan fingerprint density at radius 3 is 2.90 bits per heavy atom. The summed E-state index contributed by atoms with van der Waals surface area (Å²) in [5.41, 5.74) is 2.37. The van der Waals surface area contributed by atoms with E-state index in [-0.39, 0.29) is 11.4 Å². The second-order valence-corrected chi connectivity index (χ2v) is 12.1. The highest BCUT2D eigenvalue weighted by Crippen LogP contribution is 2.41. The Hall–Kier alpha value is -1.67. The number of rotatable bonds is 8. The van der Waals surface area contributed by atoms with Gasteiger partial charge in [-0.25, -0.2) is 4.79 Å². The lowest BCUT2D eigenvalue weighted by molar-refractivity contribution is -0.150. The number of thiazole rings is 1. The Kier molecular flexibility index (Phi) is 6.63. The minimum absolute atomic E-state index is 0.00609. The zero-order chi connectivity index (χ0) is 21.3. The molecule has 2 aliphatic heterocycles. The zero-order valence-electron chi connectivity index (χ0n) is 15.2. The fraction of sp³-hybridized carbons (Fsp3) is 0.294. The molecule has 0 aromatic carbocycles. The average molecular weight is 502 g/mol. The third-order valence-corrected chi connectivity index (χ3v) is 10.4. The second-order valence-electron chi connectivity index (χ2n) is 6.24. The van der Waals surface area contributed by atoms with Crippen molar-refractivity contribution in [3.05, 3.63) is 40.5 Å². The highest BCUT2D eigenvalue weighted by atomic mass is 32.2. The van der Waals surface area contributed by atoms with Crippen LogP contribution in [0.15, 0.2) is 48.9 Å². The first-order valence-corrected chi connectivity index (χ1v) is 13.7. The van der Waals surface area contributed by atoms with Crippen LogP contribution in [0.25, 0.3) is 0 Å². The molecule has 13 heteroatoms. The number of hydrogen-bond donors (Lipinski definition) is 2. The highest BCUT2D eigenvalue weighted by Gasteiger charge is 2.54. The van der Waals surface area contributed by atoms with E-state index in [4.69, 9.17) is 0 Å². The van der Waals surface area contributed by atoms with E-state index < -0.39 is 40.0 Å². The Morgan fingerprint density at radius 1 is 1.40 bits per heavy atom. The topological polar surface area (TPSA) is 117 Å². The molecule has 158 valence electrons. The van der Waals surface area contributed by atoms with Crippen molar-refractivity contribution in [2.45, 2.75) is 19.8 Å². The summed E-state index contributed by atoms with van der Waals surface area (Å²) in [6.07, 6.45) is 1.72. The minimum Gasteiger partial charge on any atom is -0.477 e. The second kappa shape index (κ2) is 9.22. The Bertz CT molecular complexity index is 1020. The van der Waals surface area contributed by atoms with Gasteiger partial charge in [0.05, 0.1) is 30.9 Å². The van der Waals surface area contributed by atoms with Crippen LogP contribution in [0.1, 0.15) is 0 Å². The van der Waals surface area contributed by atoms with E-state index in [0.29, 0.717) is 21.3 Å². The maximum absolute atomic E-state index is 12.7. The van der Waals surface area contributed by atoms with Crippen LogP contribution in [0.2, 0.25) is 0 Å². The van der Waals surface area contributed by atoms with Crippen LogP contribution in [0.5, 0.6) is 0 Å². The number of aromatic nitrogens is 1. The van der Waals surface area contributed by atoms with E-state index in [1.807, 2.05) is 0 Å². The van der Waals surface area contributed by atoms with Gasteiger partial charge in [0.25, 0.3) is 5.91 Å². The molecule has 2 aliphatic rings. The van der Waals surface area contributed by atoms with Crippen LogP contribution in [0.4, 0.5) is 0 Å². The molecule has 2 unspecified atom stereocenters. The number of nitrogens with zero attached hydrogens (tertiary/aromatic N) is 2. The molecular weight excluding hydrogens is 487 g/mol. The highest BCUT2D eigenvalue weighted by molar-refractivity contribution is 8.02. The fourth-order valence-electron chi connectivity index (χ4n) is 3.03. The van der Waals surface area contributed by atoms with Gasteiger partial charge in [-0.05, 0) is 17.0 Å². The molecule has 2 aromatic rings. The van der Waals surface area contributed by atoms with Crippen molar-refractivity contribution in [1.29, 1.82) is 0 Å². The van der Waals surface area contributed by atoms with Crippen molar-refractivity contribution in [2.24, 2.45) is 0 Å². The minimum atomic E-state index is -1.47. The van der Waals surface area contributed by atoms with E-state index in [1.165, 1.54) is 51.1 Å². The van der Waals surface area contributed by atoms with Crippen LogP contribution >= 0.6 is 46.2 Å². The number of thioether (sulfide) groups is 2. The van der Waals surface area contributed by atoms with Crippen LogP contribution in [-0.2, 0) is 25.2 Å². The van der Waals surface area contributed by atoms with Crippen LogP contribution in [0, 0.1) is 0 Å². The summed E-state index contributed by atoms with van der Waals surface area (Å²) < 4.78 is 13.8. The number of carboxylic acid groups (broad SMARTS) is 1. The molecule has 8 nitrogen and oxygen atoms in total. The number of fused-ring (bicyclic) bond motifs is 1.